The van der Waals surface area contributed by atoms with E-state index in [1.54, 1.807) is 6.92 Å². The van der Waals surface area contributed by atoms with Crippen molar-refractivity contribution < 1.29 is 9.53 Å². The summed E-state index contributed by atoms with van der Waals surface area (Å²) in [7, 11) is 0. The first-order chi connectivity index (χ1) is 10.6. The summed E-state index contributed by atoms with van der Waals surface area (Å²) in [5, 5.41) is 2.68. The maximum absolute atomic E-state index is 12.4. The van der Waals surface area contributed by atoms with Gasteiger partial charge < -0.3 is 15.0 Å². The number of amides is 1. The third-order valence-corrected chi connectivity index (χ3v) is 3.66. The van der Waals surface area contributed by atoms with E-state index in [0.29, 0.717) is 29.6 Å². The number of para-hydroxylation sites is 1. The van der Waals surface area contributed by atoms with Crippen LogP contribution in [0.2, 0.25) is 0 Å². The van der Waals surface area contributed by atoms with E-state index in [1.807, 2.05) is 31.2 Å². The second-order valence-corrected chi connectivity index (χ2v) is 5.19. The maximum Gasteiger partial charge on any atom is 0.256 e. The van der Waals surface area contributed by atoms with E-state index in [1.165, 1.54) is 0 Å². The number of carbonyl (C=O) groups is 1. The number of aromatic amines is 1. The molecule has 1 aromatic carbocycles. The van der Waals surface area contributed by atoms with Crippen LogP contribution in [-0.4, -0.2) is 22.5 Å². The van der Waals surface area contributed by atoms with Crippen molar-refractivity contribution in [3.63, 3.8) is 0 Å². The van der Waals surface area contributed by atoms with Gasteiger partial charge in [0.1, 0.15) is 17.4 Å². The van der Waals surface area contributed by atoms with Gasteiger partial charge >= 0.3 is 0 Å². The molecular weight excluding hydrogens is 282 g/mol. The van der Waals surface area contributed by atoms with Crippen LogP contribution >= 0.6 is 0 Å². The Bertz CT molecular complexity index is 782. The topological polar surface area (TPSA) is 84.1 Å². The first kappa shape index (κ1) is 14.3. The zero-order valence-electron chi connectivity index (χ0n) is 12.5. The first-order valence-corrected chi connectivity index (χ1v) is 7.22. The van der Waals surface area contributed by atoms with Gasteiger partial charge in [-0.25, -0.2) is 4.98 Å². The fraction of sp³-hybridized carbons (Fsp3) is 0.312. The lowest BCUT2D eigenvalue weighted by Crippen LogP contribution is -2.31. The molecule has 1 atom stereocenters. The number of hydrogen-bond acceptors (Lipinski definition) is 4. The van der Waals surface area contributed by atoms with Crippen molar-refractivity contribution in [1.82, 2.24) is 9.97 Å². The number of aromatic nitrogens is 2. The summed E-state index contributed by atoms with van der Waals surface area (Å²) in [4.78, 5) is 31.3. The number of carbonyl (C=O) groups excluding carboxylic acids is 1. The molecule has 0 radical (unpaired) electrons. The summed E-state index contributed by atoms with van der Waals surface area (Å²) >= 11 is 0. The number of anilines is 1. The van der Waals surface area contributed by atoms with Gasteiger partial charge in [-0.05, 0) is 19.9 Å². The van der Waals surface area contributed by atoms with Gasteiger partial charge in [-0.3, -0.25) is 9.59 Å². The Morgan fingerprint density at radius 2 is 2.09 bits per heavy atom. The van der Waals surface area contributed by atoms with Gasteiger partial charge in [0.2, 0.25) is 5.91 Å². The van der Waals surface area contributed by atoms with E-state index in [4.69, 9.17) is 4.74 Å². The van der Waals surface area contributed by atoms with Crippen molar-refractivity contribution in [2.24, 2.45) is 0 Å². The van der Waals surface area contributed by atoms with Crippen molar-refractivity contribution in [3.05, 3.63) is 51.6 Å². The number of nitrogens with zero attached hydrogens (tertiary/aromatic N) is 1. The van der Waals surface area contributed by atoms with Crippen LogP contribution in [0.15, 0.2) is 29.1 Å². The van der Waals surface area contributed by atoms with Crippen LogP contribution in [-0.2, 0) is 4.79 Å². The SMILES string of the molecule is CCOc1ccccc1C1CC(=O)Nc2nc(C)[nH]c(=O)c21. The van der Waals surface area contributed by atoms with Crippen LogP contribution in [0.3, 0.4) is 0 Å². The molecule has 22 heavy (non-hydrogen) atoms. The number of fused-ring (bicyclic) bond motifs is 1. The molecule has 1 aliphatic heterocycles. The molecule has 0 bridgehead atoms. The standard InChI is InChI=1S/C16H17N3O3/c1-3-22-12-7-5-4-6-10(12)11-8-13(20)19-15-14(11)16(21)18-9(2)17-15/h4-7,11H,3,8H2,1-2H3,(H2,17,18,19,20,21). The first-order valence-electron chi connectivity index (χ1n) is 7.22. The smallest absolute Gasteiger partial charge is 0.256 e. The Balaban J connectivity index is 2.18. The Labute approximate surface area is 127 Å². The average Bonchev–Trinajstić information content (AvgIpc) is 2.46. The molecule has 0 fully saturated rings. The van der Waals surface area contributed by atoms with E-state index in [-0.39, 0.29) is 23.8 Å². The Kier molecular flexibility index (Phi) is 3.66. The molecule has 1 amide bonds. The van der Waals surface area contributed by atoms with Crippen molar-refractivity contribution in [1.29, 1.82) is 0 Å². The number of ether oxygens (including phenoxy) is 1. The third kappa shape index (κ3) is 2.47. The fourth-order valence-electron chi connectivity index (χ4n) is 2.80. The highest BCUT2D eigenvalue weighted by molar-refractivity contribution is 5.94. The Morgan fingerprint density at radius 1 is 1.32 bits per heavy atom. The van der Waals surface area contributed by atoms with Crippen LogP contribution in [0.1, 0.15) is 36.2 Å². The number of H-pyrrole nitrogens is 1. The molecule has 1 aliphatic rings. The quantitative estimate of drug-likeness (QED) is 0.907. The van der Waals surface area contributed by atoms with Gasteiger partial charge in [0.05, 0.1) is 12.2 Å². The molecule has 0 aliphatic carbocycles. The van der Waals surface area contributed by atoms with E-state index in [0.717, 1.165) is 5.56 Å². The second-order valence-electron chi connectivity index (χ2n) is 5.19. The van der Waals surface area contributed by atoms with Crippen molar-refractivity contribution in [2.75, 3.05) is 11.9 Å². The molecular formula is C16H17N3O3. The number of benzene rings is 1. The van der Waals surface area contributed by atoms with Gasteiger partial charge in [0.25, 0.3) is 5.56 Å². The fourth-order valence-corrected chi connectivity index (χ4v) is 2.80. The lowest BCUT2D eigenvalue weighted by molar-refractivity contribution is -0.116. The van der Waals surface area contributed by atoms with Crippen molar-refractivity contribution >= 4 is 11.7 Å². The lowest BCUT2D eigenvalue weighted by Gasteiger charge is -2.25. The molecule has 3 rings (SSSR count). The monoisotopic (exact) mass is 299 g/mol. The molecule has 2 aromatic rings. The van der Waals surface area contributed by atoms with Gasteiger partial charge in [-0.1, -0.05) is 18.2 Å². The summed E-state index contributed by atoms with van der Waals surface area (Å²) in [6.07, 6.45) is 0.199. The molecule has 6 heteroatoms. The minimum absolute atomic E-state index is 0.152. The van der Waals surface area contributed by atoms with E-state index in [9.17, 15) is 9.59 Å². The predicted molar refractivity (Wildman–Crippen MR) is 82.3 cm³/mol. The molecule has 6 nitrogen and oxygen atoms in total. The molecule has 1 unspecified atom stereocenters. The van der Waals surface area contributed by atoms with Crippen LogP contribution in [0.4, 0.5) is 5.82 Å². The van der Waals surface area contributed by atoms with Gasteiger partial charge in [0, 0.05) is 17.9 Å². The molecule has 1 aromatic heterocycles. The highest BCUT2D eigenvalue weighted by atomic mass is 16.5. The molecule has 0 saturated carbocycles. The summed E-state index contributed by atoms with van der Waals surface area (Å²) in [5.41, 5.74) is 1.09. The zero-order valence-corrected chi connectivity index (χ0v) is 12.5. The summed E-state index contributed by atoms with van der Waals surface area (Å²) in [6, 6.07) is 7.48. The summed E-state index contributed by atoms with van der Waals surface area (Å²) in [6.45, 7) is 4.10. The molecule has 2 N–H and O–H groups in total. The molecule has 0 spiro atoms. The maximum atomic E-state index is 12.4. The van der Waals surface area contributed by atoms with Crippen molar-refractivity contribution in [2.45, 2.75) is 26.2 Å². The van der Waals surface area contributed by atoms with Crippen molar-refractivity contribution in [3.8, 4) is 5.75 Å². The highest BCUT2D eigenvalue weighted by Crippen LogP contribution is 2.38. The van der Waals surface area contributed by atoms with E-state index >= 15 is 0 Å². The number of rotatable bonds is 3. The zero-order chi connectivity index (χ0) is 15.7. The number of aryl methyl sites for hydroxylation is 1. The molecule has 0 saturated heterocycles. The minimum atomic E-state index is -0.358. The highest BCUT2D eigenvalue weighted by Gasteiger charge is 2.32. The van der Waals surface area contributed by atoms with Crippen LogP contribution < -0.4 is 15.6 Å². The van der Waals surface area contributed by atoms with Gasteiger partial charge in [0.15, 0.2) is 0 Å². The lowest BCUT2D eigenvalue weighted by atomic mass is 9.86. The second kappa shape index (κ2) is 5.63. The third-order valence-electron chi connectivity index (χ3n) is 3.66. The van der Waals surface area contributed by atoms with E-state index < -0.39 is 0 Å². The Morgan fingerprint density at radius 3 is 2.86 bits per heavy atom. The molecule has 114 valence electrons. The largest absolute Gasteiger partial charge is 0.494 e. The van der Waals surface area contributed by atoms with E-state index in [2.05, 4.69) is 15.3 Å². The van der Waals surface area contributed by atoms with Crippen LogP contribution in [0.25, 0.3) is 0 Å². The summed E-state index contributed by atoms with van der Waals surface area (Å²) in [5.74, 6) is 0.997. The number of nitrogens with one attached hydrogen (secondary N) is 2. The molecule has 2 heterocycles. The van der Waals surface area contributed by atoms with Gasteiger partial charge in [-0.15, -0.1) is 0 Å². The summed E-state index contributed by atoms with van der Waals surface area (Å²) < 4.78 is 5.64. The van der Waals surface area contributed by atoms with Crippen LogP contribution in [0, 0.1) is 6.92 Å². The average molecular weight is 299 g/mol. The normalized spacial score (nSPS) is 16.8. The minimum Gasteiger partial charge on any atom is -0.494 e. The number of hydrogen-bond donors (Lipinski definition) is 2. The Hall–Kier alpha value is -2.63. The predicted octanol–water partition coefficient (Wildman–Crippen LogP) is 1.95. The van der Waals surface area contributed by atoms with Crippen LogP contribution in [0.5, 0.6) is 5.75 Å². The van der Waals surface area contributed by atoms with Gasteiger partial charge in [-0.2, -0.15) is 0 Å².